The number of hydrogen-bond acceptors (Lipinski definition) is 6. The molecule has 0 aliphatic heterocycles. The lowest BCUT2D eigenvalue weighted by molar-refractivity contribution is -0.121. The predicted octanol–water partition coefficient (Wildman–Crippen LogP) is 2.67. The van der Waals surface area contributed by atoms with Crippen LogP contribution in [-0.4, -0.2) is 47.8 Å². The molecule has 0 aliphatic carbocycles. The fraction of sp³-hybridized carbons (Fsp3) is 0.429. The number of hydrogen-bond donors (Lipinski definition) is 2. The summed E-state index contributed by atoms with van der Waals surface area (Å²) in [6.45, 7) is 6.14. The topological polar surface area (TPSA) is 121 Å². The number of aromatic nitrogens is 2. The smallest absolute Gasteiger partial charge is 0.332 e. The summed E-state index contributed by atoms with van der Waals surface area (Å²) in [7, 11) is 2.91. The highest BCUT2D eigenvalue weighted by atomic mass is 16.5. The normalized spacial score (nSPS) is 11.7. The van der Waals surface area contributed by atoms with Gasteiger partial charge in [0.05, 0.1) is 31.7 Å². The highest BCUT2D eigenvalue weighted by molar-refractivity contribution is 5.94. The highest BCUT2D eigenvalue weighted by Gasteiger charge is 2.19. The van der Waals surface area contributed by atoms with Crippen LogP contribution in [0.3, 0.4) is 0 Å². The van der Waals surface area contributed by atoms with Crippen molar-refractivity contribution in [3.8, 4) is 11.5 Å². The van der Waals surface area contributed by atoms with Gasteiger partial charge < -0.3 is 20.1 Å². The number of rotatable bonds is 12. The number of ether oxygens (including phenoxy) is 2. The van der Waals surface area contributed by atoms with E-state index in [-0.39, 0.29) is 41.8 Å². The van der Waals surface area contributed by atoms with E-state index in [0.29, 0.717) is 29.2 Å². The first kappa shape index (κ1) is 28.5. The van der Waals surface area contributed by atoms with E-state index in [1.165, 1.54) is 30.9 Å². The zero-order chi connectivity index (χ0) is 27.8. The van der Waals surface area contributed by atoms with Crippen molar-refractivity contribution in [3.63, 3.8) is 0 Å². The van der Waals surface area contributed by atoms with Gasteiger partial charge in [0.1, 0.15) is 6.54 Å². The van der Waals surface area contributed by atoms with Crippen molar-refractivity contribution in [1.29, 1.82) is 0 Å². The Hall–Kier alpha value is -4.08. The van der Waals surface area contributed by atoms with Crippen LogP contribution in [0.25, 0.3) is 10.9 Å². The number of carbonyl (C=O) groups excluding carboxylic acids is 2. The fourth-order valence-corrected chi connectivity index (χ4v) is 3.99. The van der Waals surface area contributed by atoms with Gasteiger partial charge in [0.15, 0.2) is 11.5 Å². The van der Waals surface area contributed by atoms with E-state index in [0.717, 1.165) is 23.8 Å². The number of unbranched alkanes of at least 4 members (excludes halogenated alkanes) is 1. The van der Waals surface area contributed by atoms with Gasteiger partial charge in [0, 0.05) is 24.2 Å². The van der Waals surface area contributed by atoms with Crippen molar-refractivity contribution in [2.75, 3.05) is 20.8 Å². The summed E-state index contributed by atoms with van der Waals surface area (Å²) in [5.74, 6) is 0.144. The molecule has 10 nitrogen and oxygen atoms in total. The van der Waals surface area contributed by atoms with Crippen LogP contribution in [0.4, 0.5) is 0 Å². The summed E-state index contributed by atoms with van der Waals surface area (Å²) in [6, 6.07) is 9.83. The van der Waals surface area contributed by atoms with Gasteiger partial charge in [-0.1, -0.05) is 32.4 Å². The summed E-state index contributed by atoms with van der Waals surface area (Å²) in [5.41, 5.74) is 0.267. The number of benzene rings is 2. The largest absolute Gasteiger partial charge is 0.493 e. The molecule has 10 heteroatoms. The molecule has 2 N–H and O–H groups in total. The Labute approximate surface area is 221 Å². The van der Waals surface area contributed by atoms with Crippen molar-refractivity contribution < 1.29 is 19.1 Å². The van der Waals surface area contributed by atoms with Crippen LogP contribution in [0.2, 0.25) is 0 Å². The molecule has 0 aliphatic rings. The maximum Gasteiger partial charge on any atom is 0.332 e. The minimum absolute atomic E-state index is 0.0351. The van der Waals surface area contributed by atoms with Crippen LogP contribution in [0.15, 0.2) is 46.0 Å². The number of amides is 2. The summed E-state index contributed by atoms with van der Waals surface area (Å²) >= 11 is 0. The molecule has 0 spiro atoms. The number of fused-ring (bicyclic) bond motifs is 1. The lowest BCUT2D eigenvalue weighted by atomic mass is 10.1. The highest BCUT2D eigenvalue weighted by Crippen LogP contribution is 2.30. The average Bonchev–Trinajstić information content (AvgIpc) is 2.92. The summed E-state index contributed by atoms with van der Waals surface area (Å²) in [6.07, 6.45) is 2.55. The molecule has 38 heavy (non-hydrogen) atoms. The molecule has 0 saturated carbocycles. The molecule has 204 valence electrons. The molecular weight excluding hydrogens is 488 g/mol. The molecule has 0 bridgehead atoms. The Morgan fingerprint density at radius 3 is 2.24 bits per heavy atom. The Bertz CT molecular complexity index is 1410. The molecular formula is C28H36N4O6. The quantitative estimate of drug-likeness (QED) is 0.352. The second-order valence-electron chi connectivity index (χ2n) is 9.17. The van der Waals surface area contributed by atoms with E-state index in [1.807, 2.05) is 20.8 Å². The van der Waals surface area contributed by atoms with Crippen molar-refractivity contribution in [2.24, 2.45) is 0 Å². The minimum atomic E-state index is -0.626. The maximum atomic E-state index is 13.6. The third-order valence-corrected chi connectivity index (χ3v) is 6.43. The number of carbonyl (C=O) groups is 2. The van der Waals surface area contributed by atoms with Crippen molar-refractivity contribution in [1.82, 2.24) is 19.8 Å². The van der Waals surface area contributed by atoms with Gasteiger partial charge in [-0.25, -0.2) is 4.79 Å². The lowest BCUT2D eigenvalue weighted by Gasteiger charge is -2.16. The predicted molar refractivity (Wildman–Crippen MR) is 146 cm³/mol. The van der Waals surface area contributed by atoms with Gasteiger partial charge in [-0.3, -0.25) is 23.5 Å². The molecule has 0 radical (unpaired) electrons. The van der Waals surface area contributed by atoms with Crippen LogP contribution in [-0.2, 0) is 17.9 Å². The average molecular weight is 525 g/mol. The SMILES string of the molecule is CCCCNC(=O)Cn1c(=O)n(Cc2ccc(C(=O)N[C@H](C)CC)cc2)c(=O)c2cc(OC)c(OC)cc21. The molecule has 3 aromatic rings. The van der Waals surface area contributed by atoms with E-state index in [4.69, 9.17) is 9.47 Å². The van der Waals surface area contributed by atoms with Gasteiger partial charge in [-0.15, -0.1) is 0 Å². The van der Waals surface area contributed by atoms with E-state index in [1.54, 1.807) is 24.3 Å². The van der Waals surface area contributed by atoms with Gasteiger partial charge in [0.2, 0.25) is 5.91 Å². The minimum Gasteiger partial charge on any atom is -0.493 e. The van der Waals surface area contributed by atoms with E-state index in [2.05, 4.69) is 10.6 Å². The molecule has 0 saturated heterocycles. The zero-order valence-electron chi connectivity index (χ0n) is 22.6. The summed E-state index contributed by atoms with van der Waals surface area (Å²) < 4.78 is 13.1. The molecule has 1 heterocycles. The number of methoxy groups -OCH3 is 2. The van der Waals surface area contributed by atoms with Crippen molar-refractivity contribution in [3.05, 3.63) is 68.4 Å². The Morgan fingerprint density at radius 2 is 1.63 bits per heavy atom. The molecule has 3 rings (SSSR count). The fourth-order valence-electron chi connectivity index (χ4n) is 3.99. The van der Waals surface area contributed by atoms with E-state index < -0.39 is 11.2 Å². The number of nitrogens with one attached hydrogen (secondary N) is 2. The van der Waals surface area contributed by atoms with Crippen LogP contribution < -0.4 is 31.4 Å². The number of nitrogens with zero attached hydrogens (tertiary/aromatic N) is 2. The molecule has 0 unspecified atom stereocenters. The first-order valence-corrected chi connectivity index (χ1v) is 12.8. The van der Waals surface area contributed by atoms with Crippen LogP contribution in [0.5, 0.6) is 11.5 Å². The standard InChI is InChI=1S/C28H36N4O6/c1-6-8-13-29-25(33)17-31-22-15-24(38-5)23(37-4)14-21(22)27(35)32(28(31)36)16-19-9-11-20(12-10-19)26(34)30-18(3)7-2/h9-12,14-15,18H,6-8,13,16-17H2,1-5H3,(H,29,33)(H,30,34)/t18-/m1/s1. The van der Waals surface area contributed by atoms with Gasteiger partial charge >= 0.3 is 5.69 Å². The molecule has 2 amide bonds. The van der Waals surface area contributed by atoms with Crippen LogP contribution >= 0.6 is 0 Å². The molecule has 1 aromatic heterocycles. The van der Waals surface area contributed by atoms with E-state index >= 15 is 0 Å². The third-order valence-electron chi connectivity index (χ3n) is 6.43. The van der Waals surface area contributed by atoms with E-state index in [9.17, 15) is 19.2 Å². The molecule has 0 fully saturated rings. The second kappa shape index (κ2) is 12.9. The maximum absolute atomic E-state index is 13.6. The second-order valence-corrected chi connectivity index (χ2v) is 9.17. The lowest BCUT2D eigenvalue weighted by Crippen LogP contribution is -2.43. The van der Waals surface area contributed by atoms with Crippen LogP contribution in [0, 0.1) is 0 Å². The van der Waals surface area contributed by atoms with Gasteiger partial charge in [-0.2, -0.15) is 0 Å². The monoisotopic (exact) mass is 524 g/mol. The van der Waals surface area contributed by atoms with Gasteiger partial charge in [-0.05, 0) is 43.5 Å². The molecule has 2 aromatic carbocycles. The van der Waals surface area contributed by atoms with Crippen molar-refractivity contribution in [2.45, 2.75) is 59.2 Å². The van der Waals surface area contributed by atoms with Crippen molar-refractivity contribution >= 4 is 22.7 Å². The van der Waals surface area contributed by atoms with Gasteiger partial charge in [0.25, 0.3) is 11.5 Å². The Kier molecular flexibility index (Phi) is 9.70. The third kappa shape index (κ3) is 6.42. The zero-order valence-corrected chi connectivity index (χ0v) is 22.6. The first-order chi connectivity index (χ1) is 18.2. The summed E-state index contributed by atoms with van der Waals surface area (Å²) in [4.78, 5) is 52.1. The van der Waals surface area contributed by atoms with Crippen LogP contribution in [0.1, 0.15) is 56.0 Å². The molecule has 1 atom stereocenters. The first-order valence-electron chi connectivity index (χ1n) is 12.8. The Balaban J connectivity index is 2.05. The Morgan fingerprint density at radius 1 is 0.974 bits per heavy atom. The summed E-state index contributed by atoms with van der Waals surface area (Å²) in [5, 5.41) is 5.94.